The minimum absolute atomic E-state index is 0.201. The van der Waals surface area contributed by atoms with Crippen molar-refractivity contribution in [3.05, 3.63) is 51.7 Å². The predicted molar refractivity (Wildman–Crippen MR) is 80.5 cm³/mol. The maximum Gasteiger partial charge on any atom is 0.326 e. The fraction of sp³-hybridized carbons (Fsp3) is 0.267. The Morgan fingerprint density at radius 3 is 2.82 bits per heavy atom. The van der Waals surface area contributed by atoms with E-state index >= 15 is 0 Å². The summed E-state index contributed by atoms with van der Waals surface area (Å²) < 4.78 is 13.1. The van der Waals surface area contributed by atoms with Crippen LogP contribution in [-0.4, -0.2) is 40.0 Å². The zero-order valence-corrected chi connectivity index (χ0v) is 12.9. The van der Waals surface area contributed by atoms with Crippen LogP contribution in [0.15, 0.2) is 29.6 Å². The highest BCUT2D eigenvalue weighted by Gasteiger charge is 2.24. The van der Waals surface area contributed by atoms with Gasteiger partial charge in [0.25, 0.3) is 5.91 Å². The summed E-state index contributed by atoms with van der Waals surface area (Å²) in [7, 11) is 1.42. The number of carbonyl (C=O) groups is 2. The van der Waals surface area contributed by atoms with Gasteiger partial charge >= 0.3 is 5.97 Å². The molecule has 0 aliphatic heterocycles. The first-order chi connectivity index (χ1) is 10.4. The number of hydrogen-bond acceptors (Lipinski definition) is 4. The minimum atomic E-state index is -1.08. The number of carboxylic acids is 1. The van der Waals surface area contributed by atoms with Crippen molar-refractivity contribution < 1.29 is 19.1 Å². The van der Waals surface area contributed by atoms with Crippen LogP contribution in [-0.2, 0) is 11.2 Å². The van der Waals surface area contributed by atoms with E-state index in [1.54, 1.807) is 17.5 Å². The molecule has 22 heavy (non-hydrogen) atoms. The molecule has 7 heteroatoms. The Balaban J connectivity index is 2.11. The molecule has 1 unspecified atom stereocenters. The van der Waals surface area contributed by atoms with Gasteiger partial charge in [0.15, 0.2) is 0 Å². The van der Waals surface area contributed by atoms with Gasteiger partial charge in [-0.15, -0.1) is 11.3 Å². The molecule has 5 nitrogen and oxygen atoms in total. The van der Waals surface area contributed by atoms with Crippen molar-refractivity contribution in [2.45, 2.75) is 19.4 Å². The Bertz CT molecular complexity index is 702. The van der Waals surface area contributed by atoms with E-state index in [1.165, 1.54) is 37.4 Å². The summed E-state index contributed by atoms with van der Waals surface area (Å²) in [5.74, 6) is -1.84. The molecule has 0 saturated heterocycles. The van der Waals surface area contributed by atoms with Gasteiger partial charge in [-0.1, -0.05) is 12.1 Å². The lowest BCUT2D eigenvalue weighted by molar-refractivity contribution is -0.141. The number of aromatic nitrogens is 1. The number of carbonyl (C=O) groups excluding carboxylic acids is 1. The van der Waals surface area contributed by atoms with Crippen LogP contribution >= 0.6 is 11.3 Å². The number of halogens is 1. The summed E-state index contributed by atoms with van der Waals surface area (Å²) in [5.41, 5.74) is 0.965. The number of amides is 1. The zero-order valence-electron chi connectivity index (χ0n) is 12.1. The van der Waals surface area contributed by atoms with E-state index in [-0.39, 0.29) is 11.5 Å². The van der Waals surface area contributed by atoms with Crippen LogP contribution in [0.25, 0.3) is 0 Å². The molecule has 1 N–H and O–H groups in total. The number of likely N-dealkylation sites (N-methyl/N-ethyl adjacent to an activating group) is 1. The van der Waals surface area contributed by atoms with Gasteiger partial charge < -0.3 is 10.0 Å². The Morgan fingerprint density at radius 1 is 1.45 bits per heavy atom. The average molecular weight is 322 g/mol. The first kappa shape index (κ1) is 16.1. The second kappa shape index (κ2) is 6.65. The molecule has 1 atom stereocenters. The SMILES string of the molecule is CC(C(=O)O)N(C)C(=O)c1csc(Cc2cccc(F)c2)n1. The molecule has 2 rings (SSSR count). The minimum Gasteiger partial charge on any atom is -0.480 e. The summed E-state index contributed by atoms with van der Waals surface area (Å²) in [6.07, 6.45) is 0.425. The van der Waals surface area contributed by atoms with Gasteiger partial charge in [0, 0.05) is 18.8 Å². The van der Waals surface area contributed by atoms with E-state index in [0.29, 0.717) is 11.4 Å². The average Bonchev–Trinajstić information content (AvgIpc) is 2.93. The Labute approximate surface area is 131 Å². The van der Waals surface area contributed by atoms with Gasteiger partial charge in [-0.3, -0.25) is 4.79 Å². The predicted octanol–water partition coefficient (Wildman–Crippen LogP) is 2.42. The Morgan fingerprint density at radius 2 is 2.18 bits per heavy atom. The van der Waals surface area contributed by atoms with E-state index in [9.17, 15) is 14.0 Å². The third-order valence-electron chi connectivity index (χ3n) is 3.27. The molecule has 2 aromatic rings. The monoisotopic (exact) mass is 322 g/mol. The van der Waals surface area contributed by atoms with E-state index < -0.39 is 17.9 Å². The maximum atomic E-state index is 13.1. The molecular weight excluding hydrogens is 307 g/mol. The largest absolute Gasteiger partial charge is 0.480 e. The normalized spacial score (nSPS) is 12.0. The summed E-state index contributed by atoms with van der Waals surface area (Å²) in [6.45, 7) is 1.43. The molecule has 0 radical (unpaired) electrons. The summed E-state index contributed by atoms with van der Waals surface area (Å²) in [6, 6.07) is 5.25. The highest BCUT2D eigenvalue weighted by Crippen LogP contribution is 2.17. The highest BCUT2D eigenvalue weighted by atomic mass is 32.1. The smallest absolute Gasteiger partial charge is 0.326 e. The van der Waals surface area contributed by atoms with Gasteiger partial charge in [-0.2, -0.15) is 0 Å². The second-order valence-corrected chi connectivity index (χ2v) is 5.81. The lowest BCUT2D eigenvalue weighted by Gasteiger charge is -2.20. The Kier molecular flexibility index (Phi) is 4.87. The van der Waals surface area contributed by atoms with Gasteiger partial charge in [-0.05, 0) is 24.6 Å². The summed E-state index contributed by atoms with van der Waals surface area (Å²) in [4.78, 5) is 28.4. The van der Waals surface area contributed by atoms with Crippen molar-refractivity contribution in [3.63, 3.8) is 0 Å². The lowest BCUT2D eigenvalue weighted by Crippen LogP contribution is -2.40. The number of nitrogens with zero attached hydrogens (tertiary/aromatic N) is 2. The van der Waals surface area contributed by atoms with Crippen molar-refractivity contribution in [2.75, 3.05) is 7.05 Å². The number of benzene rings is 1. The molecule has 0 saturated carbocycles. The van der Waals surface area contributed by atoms with Crippen molar-refractivity contribution in [1.29, 1.82) is 0 Å². The van der Waals surface area contributed by atoms with Crippen LogP contribution in [0.4, 0.5) is 4.39 Å². The number of rotatable bonds is 5. The molecule has 1 heterocycles. The molecule has 1 aromatic carbocycles. The summed E-state index contributed by atoms with van der Waals surface area (Å²) >= 11 is 1.29. The van der Waals surface area contributed by atoms with E-state index in [1.807, 2.05) is 0 Å². The van der Waals surface area contributed by atoms with Crippen LogP contribution in [0.5, 0.6) is 0 Å². The molecule has 0 fully saturated rings. The van der Waals surface area contributed by atoms with Crippen molar-refractivity contribution >= 4 is 23.2 Å². The standard InChI is InChI=1S/C15H15FN2O3S/c1-9(15(20)21)18(2)14(19)12-8-22-13(17-12)7-10-4-3-5-11(16)6-10/h3-6,8-9H,7H2,1-2H3,(H,20,21). The zero-order chi connectivity index (χ0) is 16.3. The van der Waals surface area contributed by atoms with Crippen LogP contribution in [0.1, 0.15) is 28.0 Å². The lowest BCUT2D eigenvalue weighted by atomic mass is 10.1. The first-order valence-electron chi connectivity index (χ1n) is 6.57. The van der Waals surface area contributed by atoms with E-state index in [4.69, 9.17) is 5.11 Å². The molecule has 1 amide bonds. The summed E-state index contributed by atoms with van der Waals surface area (Å²) in [5, 5.41) is 11.2. The molecule has 1 aromatic heterocycles. The molecule has 0 aliphatic rings. The second-order valence-electron chi connectivity index (χ2n) is 4.86. The fourth-order valence-corrected chi connectivity index (χ4v) is 2.64. The number of aliphatic carboxylic acids is 1. The maximum absolute atomic E-state index is 13.1. The quantitative estimate of drug-likeness (QED) is 0.918. The molecule has 0 aliphatic carbocycles. The van der Waals surface area contributed by atoms with Crippen molar-refractivity contribution in [3.8, 4) is 0 Å². The van der Waals surface area contributed by atoms with Crippen molar-refractivity contribution in [1.82, 2.24) is 9.88 Å². The van der Waals surface area contributed by atoms with E-state index in [2.05, 4.69) is 4.98 Å². The molecule has 116 valence electrons. The van der Waals surface area contributed by atoms with Gasteiger partial charge in [0.2, 0.25) is 0 Å². The van der Waals surface area contributed by atoms with Crippen LogP contribution < -0.4 is 0 Å². The van der Waals surface area contributed by atoms with E-state index in [0.717, 1.165) is 10.5 Å². The molecule has 0 spiro atoms. The van der Waals surface area contributed by atoms with Gasteiger partial charge in [0.1, 0.15) is 17.6 Å². The van der Waals surface area contributed by atoms with Crippen LogP contribution in [0, 0.1) is 5.82 Å². The number of hydrogen-bond donors (Lipinski definition) is 1. The topological polar surface area (TPSA) is 70.5 Å². The number of carboxylic acid groups (broad SMARTS) is 1. The van der Waals surface area contributed by atoms with Gasteiger partial charge in [-0.25, -0.2) is 14.2 Å². The third-order valence-corrected chi connectivity index (χ3v) is 4.12. The Hall–Kier alpha value is -2.28. The molecule has 0 bridgehead atoms. The number of thiazole rings is 1. The first-order valence-corrected chi connectivity index (χ1v) is 7.45. The highest BCUT2D eigenvalue weighted by molar-refractivity contribution is 7.09. The van der Waals surface area contributed by atoms with Crippen LogP contribution in [0.2, 0.25) is 0 Å². The third kappa shape index (κ3) is 3.67. The van der Waals surface area contributed by atoms with Crippen molar-refractivity contribution in [2.24, 2.45) is 0 Å². The van der Waals surface area contributed by atoms with Gasteiger partial charge in [0.05, 0.1) is 5.01 Å². The molecular formula is C15H15FN2O3S. The van der Waals surface area contributed by atoms with Crippen LogP contribution in [0.3, 0.4) is 0 Å². The fourth-order valence-electron chi connectivity index (χ4n) is 1.83.